The number of phenols is 1. The summed E-state index contributed by atoms with van der Waals surface area (Å²) >= 11 is 0. The molecule has 1 aromatic rings. The maximum atomic E-state index is 14.0. The van der Waals surface area contributed by atoms with Gasteiger partial charge in [0.15, 0.2) is 11.4 Å². The van der Waals surface area contributed by atoms with E-state index < -0.39 is 58.0 Å². The molecule has 1 amide bonds. The first-order chi connectivity index (χ1) is 18.8. The molecule has 1 aromatic carbocycles. The third-order valence-corrected chi connectivity index (χ3v) is 9.46. The number of benzene rings is 1. The molecule has 1 unspecified atom stereocenters. The smallest absolute Gasteiger partial charge is 0.255 e. The highest BCUT2D eigenvalue weighted by atomic mass is 16.3. The Bertz CT molecular complexity index is 1380. The molecule has 6 N–H and O–H groups in total. The number of nitrogens with zero attached hydrogens (tertiary/aromatic N) is 3. The molecule has 0 saturated carbocycles. The van der Waals surface area contributed by atoms with Gasteiger partial charge in [-0.05, 0) is 69.6 Å². The van der Waals surface area contributed by atoms with Crippen LogP contribution in [0.2, 0.25) is 0 Å². The van der Waals surface area contributed by atoms with Gasteiger partial charge in [-0.25, -0.2) is 0 Å². The van der Waals surface area contributed by atoms with Crippen LogP contribution in [0.3, 0.4) is 0 Å². The van der Waals surface area contributed by atoms with Gasteiger partial charge in [0.2, 0.25) is 5.78 Å². The molecule has 0 fully saturated rings. The Kier molecular flexibility index (Phi) is 6.75. The predicted octanol–water partition coefficient (Wildman–Crippen LogP) is 1.34. The van der Waals surface area contributed by atoms with Gasteiger partial charge in [-0.3, -0.25) is 24.2 Å². The van der Waals surface area contributed by atoms with E-state index in [9.17, 15) is 34.8 Å². The summed E-state index contributed by atoms with van der Waals surface area (Å²) in [5.41, 5.74) is 4.34. The van der Waals surface area contributed by atoms with Gasteiger partial charge in [0.05, 0.1) is 11.6 Å². The number of fused-ring (bicyclic) bond motifs is 5. The van der Waals surface area contributed by atoms with Crippen LogP contribution in [-0.4, -0.2) is 100 Å². The highest BCUT2D eigenvalue weighted by molar-refractivity contribution is 6.24. The summed E-state index contributed by atoms with van der Waals surface area (Å²) in [7, 11) is 5.19. The van der Waals surface area contributed by atoms with Crippen molar-refractivity contribution in [3.63, 3.8) is 0 Å². The normalized spacial score (nSPS) is 29.9. The van der Waals surface area contributed by atoms with Crippen molar-refractivity contribution in [3.05, 3.63) is 45.4 Å². The quantitative estimate of drug-likeness (QED) is 0.335. The van der Waals surface area contributed by atoms with Crippen LogP contribution < -0.4 is 10.6 Å². The van der Waals surface area contributed by atoms with Gasteiger partial charge in [0, 0.05) is 36.8 Å². The third-order valence-electron chi connectivity index (χ3n) is 9.46. The number of aliphatic hydroxyl groups excluding tert-OH is 2. The Morgan fingerprint density at radius 2 is 1.82 bits per heavy atom. The van der Waals surface area contributed by atoms with E-state index in [0.29, 0.717) is 5.56 Å². The minimum Gasteiger partial charge on any atom is -0.510 e. The maximum absolute atomic E-state index is 14.0. The van der Waals surface area contributed by atoms with Crippen LogP contribution in [0.25, 0.3) is 0 Å². The Balaban J connectivity index is 1.71. The summed E-state index contributed by atoms with van der Waals surface area (Å²) < 4.78 is 0. The van der Waals surface area contributed by atoms with E-state index in [-0.39, 0.29) is 35.8 Å². The lowest BCUT2D eigenvalue weighted by Crippen LogP contribution is -2.63. The summed E-state index contributed by atoms with van der Waals surface area (Å²) in [5, 5.41) is 45.4. The second kappa shape index (κ2) is 9.60. The van der Waals surface area contributed by atoms with E-state index in [1.54, 1.807) is 25.1 Å². The Morgan fingerprint density at radius 1 is 1.18 bits per heavy atom. The van der Waals surface area contributed by atoms with Gasteiger partial charge >= 0.3 is 0 Å². The number of Topliss-reactive ketones (excluding diaryl/α,β-unsaturated/α-hetero) is 2. The second-order valence-corrected chi connectivity index (χ2v) is 11.6. The van der Waals surface area contributed by atoms with Crippen molar-refractivity contribution in [1.82, 2.24) is 9.80 Å². The van der Waals surface area contributed by atoms with Crippen LogP contribution in [0.4, 0.5) is 5.69 Å². The maximum Gasteiger partial charge on any atom is 0.255 e. The number of hydrogen-bond acceptors (Lipinski definition) is 10. The number of aromatic hydroxyl groups is 1. The lowest BCUT2D eigenvalue weighted by Gasteiger charge is -2.50. The summed E-state index contributed by atoms with van der Waals surface area (Å²) in [6.45, 7) is 6.59. The van der Waals surface area contributed by atoms with Crippen molar-refractivity contribution in [2.45, 2.75) is 50.8 Å². The number of likely N-dealkylation sites (N-methyl/N-ethyl adjacent to an activating group) is 1. The first kappa shape index (κ1) is 28.1. The number of carbonyl (C=O) groups excluding carboxylic acids is 3. The van der Waals surface area contributed by atoms with Crippen LogP contribution in [0.15, 0.2) is 28.7 Å². The number of allylic oxidation sites excluding steroid dienone is 1. The molecule has 11 heteroatoms. The monoisotopic (exact) mass is 554 g/mol. The van der Waals surface area contributed by atoms with Gasteiger partial charge in [0.25, 0.3) is 5.91 Å². The Labute approximate surface area is 233 Å². The number of hydrogen-bond donors (Lipinski definition) is 5. The average molecular weight is 555 g/mol. The van der Waals surface area contributed by atoms with E-state index in [0.717, 1.165) is 37.3 Å². The number of nitrogens with two attached hydrogens (primary N) is 1. The highest BCUT2D eigenvalue weighted by Gasteiger charge is 2.63. The number of rotatable bonds is 5. The zero-order valence-corrected chi connectivity index (χ0v) is 23.6. The summed E-state index contributed by atoms with van der Waals surface area (Å²) in [4.78, 5) is 45.6. The van der Waals surface area contributed by atoms with Gasteiger partial charge in [-0.15, -0.1) is 0 Å². The van der Waals surface area contributed by atoms with E-state index >= 15 is 0 Å². The first-order valence-electron chi connectivity index (χ1n) is 13.8. The number of anilines is 1. The zero-order valence-electron chi connectivity index (χ0n) is 23.6. The van der Waals surface area contributed by atoms with Crippen molar-refractivity contribution in [2.24, 2.45) is 17.6 Å². The van der Waals surface area contributed by atoms with Crippen LogP contribution in [0.1, 0.15) is 54.2 Å². The van der Waals surface area contributed by atoms with Crippen molar-refractivity contribution in [2.75, 3.05) is 45.7 Å². The molecule has 11 nitrogen and oxygen atoms in total. The largest absolute Gasteiger partial charge is 0.510 e. The topological polar surface area (TPSA) is 168 Å². The van der Waals surface area contributed by atoms with Crippen LogP contribution in [0.5, 0.6) is 5.75 Å². The molecule has 0 bridgehead atoms. The molecule has 0 aromatic heterocycles. The standard InChI is InChI=1S/C29H38N4O7/c1-6-33(7-2)17-8-9-32(5)22-14(17)12-18(34)20-15(22)10-13-11-16-23(31(3)4)25(36)21(28(30)39)27(38)29(16,40)26(37)19(13)24(20)35/h12-13,16-17,23,34,36-37,40H,6-11H2,1-5H3,(H2,30,39)/t13-,16-,17?,23+,29-/m0/s1. The summed E-state index contributed by atoms with van der Waals surface area (Å²) in [6, 6.07) is 0.680. The fourth-order valence-corrected chi connectivity index (χ4v) is 7.67. The SMILES string of the molecule is CCN(CC)C1CCN(C)c2c1cc(O)c1c2C[C@H]2C[C@H]3[C@@H](N(C)C)C(O)=C(C(N)=O)C(=O)[C@@]3(O)C(O)=C2C1=O. The molecule has 5 rings (SSSR count). The van der Waals surface area contributed by atoms with E-state index in [1.807, 2.05) is 7.05 Å². The van der Waals surface area contributed by atoms with Crippen LogP contribution >= 0.6 is 0 Å². The average Bonchev–Trinajstić information content (AvgIpc) is 2.87. The fourth-order valence-electron chi connectivity index (χ4n) is 7.67. The molecule has 3 aliphatic carbocycles. The number of primary amides is 1. The van der Waals surface area contributed by atoms with E-state index in [2.05, 4.69) is 23.6 Å². The molecule has 40 heavy (non-hydrogen) atoms. The summed E-state index contributed by atoms with van der Waals surface area (Å²) in [5.74, 6) is -6.42. The minimum absolute atomic E-state index is 0.0478. The molecule has 5 atom stereocenters. The molecule has 0 saturated heterocycles. The number of amides is 1. The molecule has 1 heterocycles. The molecule has 216 valence electrons. The van der Waals surface area contributed by atoms with Gasteiger partial charge in [0.1, 0.15) is 22.8 Å². The number of aliphatic hydroxyl groups is 3. The third kappa shape index (κ3) is 3.64. The van der Waals surface area contributed by atoms with E-state index in [1.165, 1.54) is 0 Å². The van der Waals surface area contributed by atoms with Crippen molar-refractivity contribution in [1.29, 1.82) is 0 Å². The lowest BCUT2D eigenvalue weighted by molar-refractivity contribution is -0.148. The van der Waals surface area contributed by atoms with Gasteiger partial charge in [-0.2, -0.15) is 0 Å². The number of ketones is 2. The van der Waals surface area contributed by atoms with E-state index in [4.69, 9.17) is 5.73 Å². The first-order valence-corrected chi connectivity index (χ1v) is 13.8. The predicted molar refractivity (Wildman–Crippen MR) is 147 cm³/mol. The molecule has 1 aliphatic heterocycles. The molecule has 0 radical (unpaired) electrons. The van der Waals surface area contributed by atoms with Crippen molar-refractivity contribution in [3.8, 4) is 5.75 Å². The second-order valence-electron chi connectivity index (χ2n) is 11.6. The van der Waals surface area contributed by atoms with Crippen LogP contribution in [0, 0.1) is 11.8 Å². The van der Waals surface area contributed by atoms with Crippen molar-refractivity contribution >= 4 is 23.2 Å². The molecule has 0 spiro atoms. The summed E-state index contributed by atoms with van der Waals surface area (Å²) in [6.07, 6.45) is 1.21. The van der Waals surface area contributed by atoms with Gasteiger partial charge in [-0.1, -0.05) is 13.8 Å². The molecular weight excluding hydrogens is 516 g/mol. The highest BCUT2D eigenvalue weighted by Crippen LogP contribution is 2.54. The Morgan fingerprint density at radius 3 is 2.40 bits per heavy atom. The molecule has 4 aliphatic rings. The number of phenolic OH excluding ortho intramolecular Hbond substituents is 1. The van der Waals surface area contributed by atoms with Gasteiger partial charge < -0.3 is 31.1 Å². The Hall–Kier alpha value is -3.41. The van der Waals surface area contributed by atoms with Crippen LogP contribution in [-0.2, 0) is 16.0 Å². The molecular formula is C29H38N4O7. The zero-order chi connectivity index (χ0) is 29.4. The number of carbonyl (C=O) groups is 3. The van der Waals surface area contributed by atoms with Crippen molar-refractivity contribution < 1.29 is 34.8 Å². The lowest BCUT2D eigenvalue weighted by atomic mass is 9.58. The minimum atomic E-state index is -2.64. The fraction of sp³-hybridized carbons (Fsp3) is 0.552.